The van der Waals surface area contributed by atoms with Crippen LogP contribution in [-0.4, -0.2) is 50.9 Å². The molecule has 6 nitrogen and oxygen atoms in total. The van der Waals surface area contributed by atoms with Crippen LogP contribution >= 0.6 is 11.6 Å². The predicted octanol–water partition coefficient (Wildman–Crippen LogP) is 2.15. The third-order valence-corrected chi connectivity index (χ3v) is 5.91. The van der Waals surface area contributed by atoms with Gasteiger partial charge in [-0.15, -0.1) is 0 Å². The Labute approximate surface area is 135 Å². The van der Waals surface area contributed by atoms with Crippen LogP contribution in [0.4, 0.5) is 0 Å². The maximum absolute atomic E-state index is 12.6. The Balaban J connectivity index is 2.38. The van der Waals surface area contributed by atoms with Crippen molar-refractivity contribution in [2.75, 3.05) is 27.2 Å². The van der Waals surface area contributed by atoms with Gasteiger partial charge in [-0.05, 0) is 31.0 Å². The molecular formula is C14H19ClN2O4S. The number of sulfonamides is 1. The van der Waals surface area contributed by atoms with Crippen LogP contribution in [0.3, 0.4) is 0 Å². The van der Waals surface area contributed by atoms with Crippen molar-refractivity contribution >= 4 is 27.5 Å². The van der Waals surface area contributed by atoms with Gasteiger partial charge < -0.3 is 0 Å². The highest BCUT2D eigenvalue weighted by Crippen LogP contribution is 2.25. The average molecular weight is 347 g/mol. The summed E-state index contributed by atoms with van der Waals surface area (Å²) in [5, 5.41) is 1.19. The number of rotatable bonds is 4. The molecule has 1 aliphatic rings. The van der Waals surface area contributed by atoms with Gasteiger partial charge in [0, 0.05) is 20.1 Å². The van der Waals surface area contributed by atoms with Gasteiger partial charge in [0.05, 0.1) is 22.6 Å². The highest BCUT2D eigenvalue weighted by Gasteiger charge is 2.27. The first-order valence-electron chi connectivity index (χ1n) is 7.00. The Morgan fingerprint density at radius 1 is 1.27 bits per heavy atom. The van der Waals surface area contributed by atoms with Gasteiger partial charge in [0.2, 0.25) is 10.0 Å². The maximum atomic E-state index is 12.6. The normalized spacial score (nSPS) is 16.5. The van der Waals surface area contributed by atoms with Crippen LogP contribution in [0, 0.1) is 0 Å². The molecule has 1 aromatic carbocycles. The van der Waals surface area contributed by atoms with Crippen molar-refractivity contribution in [3.05, 3.63) is 28.8 Å². The smallest absolute Gasteiger partial charge is 0.274 e. The topological polar surface area (TPSA) is 66.9 Å². The van der Waals surface area contributed by atoms with E-state index in [0.717, 1.165) is 24.3 Å². The first-order chi connectivity index (χ1) is 10.4. The number of carbonyl (C=O) groups excluding carboxylic acids is 1. The molecule has 1 aromatic rings. The summed E-state index contributed by atoms with van der Waals surface area (Å²) in [6, 6.07) is 4.16. The van der Waals surface area contributed by atoms with Crippen LogP contribution in [0.25, 0.3) is 0 Å². The van der Waals surface area contributed by atoms with Gasteiger partial charge in [-0.25, -0.2) is 13.5 Å². The van der Waals surface area contributed by atoms with E-state index >= 15 is 0 Å². The summed E-state index contributed by atoms with van der Waals surface area (Å²) in [6.45, 7) is 1.01. The fourth-order valence-corrected chi connectivity index (χ4v) is 4.08. The molecule has 2 rings (SSSR count). The SMILES string of the molecule is CON(C)C(=O)c1cc(S(=O)(=O)N2CCCCC2)ccc1Cl. The van der Waals surface area contributed by atoms with Crippen LogP contribution in [0.1, 0.15) is 29.6 Å². The summed E-state index contributed by atoms with van der Waals surface area (Å²) in [5.41, 5.74) is 0.101. The van der Waals surface area contributed by atoms with E-state index in [1.165, 1.54) is 36.7 Å². The third kappa shape index (κ3) is 3.43. The first-order valence-corrected chi connectivity index (χ1v) is 8.81. The van der Waals surface area contributed by atoms with Crippen LogP contribution < -0.4 is 0 Å². The minimum Gasteiger partial charge on any atom is -0.274 e. The molecule has 0 N–H and O–H groups in total. The minimum atomic E-state index is -3.60. The van der Waals surface area contributed by atoms with Gasteiger partial charge in [0.1, 0.15) is 0 Å². The lowest BCUT2D eigenvalue weighted by molar-refractivity contribution is -0.0757. The first kappa shape index (κ1) is 17.2. The fraction of sp³-hybridized carbons (Fsp3) is 0.500. The lowest BCUT2D eigenvalue weighted by Gasteiger charge is -2.26. The molecule has 0 saturated carbocycles. The van der Waals surface area contributed by atoms with Crippen LogP contribution in [-0.2, 0) is 14.9 Å². The van der Waals surface area contributed by atoms with E-state index in [9.17, 15) is 13.2 Å². The summed E-state index contributed by atoms with van der Waals surface area (Å²) >= 11 is 6.02. The van der Waals surface area contributed by atoms with E-state index in [2.05, 4.69) is 0 Å². The Morgan fingerprint density at radius 2 is 1.91 bits per heavy atom. The molecule has 122 valence electrons. The highest BCUT2D eigenvalue weighted by molar-refractivity contribution is 7.89. The van der Waals surface area contributed by atoms with Crippen molar-refractivity contribution in [3.63, 3.8) is 0 Å². The predicted molar refractivity (Wildman–Crippen MR) is 83.2 cm³/mol. The minimum absolute atomic E-state index is 0.0756. The third-order valence-electron chi connectivity index (χ3n) is 3.68. The number of benzene rings is 1. The largest absolute Gasteiger partial charge is 0.278 e. The summed E-state index contributed by atoms with van der Waals surface area (Å²) in [7, 11) is -0.822. The number of hydrogen-bond donors (Lipinski definition) is 0. The molecular weight excluding hydrogens is 328 g/mol. The van der Waals surface area contributed by atoms with E-state index in [1.54, 1.807) is 0 Å². The molecule has 0 unspecified atom stereocenters. The quantitative estimate of drug-likeness (QED) is 0.783. The number of carbonyl (C=O) groups is 1. The molecule has 1 amide bonds. The Hall–Kier alpha value is -1.15. The van der Waals surface area contributed by atoms with Crippen molar-refractivity contribution in [1.29, 1.82) is 0 Å². The molecule has 1 aliphatic heterocycles. The Morgan fingerprint density at radius 3 is 2.50 bits per heavy atom. The molecule has 1 saturated heterocycles. The molecule has 0 radical (unpaired) electrons. The maximum Gasteiger partial charge on any atom is 0.278 e. The number of hydroxylamine groups is 2. The van der Waals surface area contributed by atoms with E-state index in [1.807, 2.05) is 0 Å². The highest BCUT2D eigenvalue weighted by atomic mass is 35.5. The molecule has 8 heteroatoms. The van der Waals surface area contributed by atoms with Crippen molar-refractivity contribution in [3.8, 4) is 0 Å². The molecule has 0 aliphatic carbocycles. The standard InChI is InChI=1S/C14H19ClN2O4S/c1-16(21-2)14(18)12-10-11(6-7-13(12)15)22(19,20)17-8-4-3-5-9-17/h6-7,10H,3-5,8-9H2,1-2H3. The van der Waals surface area contributed by atoms with Crippen LogP contribution in [0.15, 0.2) is 23.1 Å². The van der Waals surface area contributed by atoms with E-state index < -0.39 is 15.9 Å². The van der Waals surface area contributed by atoms with Crippen LogP contribution in [0.5, 0.6) is 0 Å². The summed E-state index contributed by atoms with van der Waals surface area (Å²) in [4.78, 5) is 17.1. The summed E-state index contributed by atoms with van der Waals surface area (Å²) < 4.78 is 26.7. The van der Waals surface area contributed by atoms with Gasteiger partial charge >= 0.3 is 0 Å². The van der Waals surface area contributed by atoms with Crippen molar-refractivity contribution < 1.29 is 18.0 Å². The lowest BCUT2D eigenvalue weighted by atomic mass is 10.2. The van der Waals surface area contributed by atoms with E-state index in [0.29, 0.717) is 13.1 Å². The van der Waals surface area contributed by atoms with E-state index in [-0.39, 0.29) is 15.5 Å². The number of nitrogens with zero attached hydrogens (tertiary/aromatic N) is 2. The van der Waals surface area contributed by atoms with E-state index in [4.69, 9.17) is 16.4 Å². The molecule has 22 heavy (non-hydrogen) atoms. The average Bonchev–Trinajstić information content (AvgIpc) is 2.54. The Bertz CT molecular complexity index is 657. The second kappa shape index (κ2) is 6.95. The van der Waals surface area contributed by atoms with Crippen LogP contribution in [0.2, 0.25) is 5.02 Å². The summed E-state index contributed by atoms with van der Waals surface area (Å²) in [5.74, 6) is -0.497. The molecule has 1 heterocycles. The number of amides is 1. The molecule has 0 bridgehead atoms. The van der Waals surface area contributed by atoms with Crippen molar-refractivity contribution in [2.45, 2.75) is 24.2 Å². The number of piperidine rings is 1. The van der Waals surface area contributed by atoms with Crippen molar-refractivity contribution in [2.24, 2.45) is 0 Å². The molecule has 1 fully saturated rings. The zero-order valence-corrected chi connectivity index (χ0v) is 14.2. The lowest BCUT2D eigenvalue weighted by Crippen LogP contribution is -2.35. The molecule has 0 atom stereocenters. The monoisotopic (exact) mass is 346 g/mol. The van der Waals surface area contributed by atoms with Gasteiger partial charge in [0.25, 0.3) is 5.91 Å². The number of hydrogen-bond acceptors (Lipinski definition) is 4. The summed E-state index contributed by atoms with van der Waals surface area (Å²) in [6.07, 6.45) is 2.74. The van der Waals surface area contributed by atoms with Crippen molar-refractivity contribution in [1.82, 2.24) is 9.37 Å². The van der Waals surface area contributed by atoms with Gasteiger partial charge in [-0.3, -0.25) is 9.63 Å². The molecule has 0 spiro atoms. The number of halogens is 1. The second-order valence-corrected chi connectivity index (χ2v) is 7.44. The molecule has 0 aromatic heterocycles. The zero-order valence-electron chi connectivity index (χ0n) is 12.6. The second-order valence-electron chi connectivity index (χ2n) is 5.09. The van der Waals surface area contributed by atoms with Gasteiger partial charge in [-0.2, -0.15) is 4.31 Å². The fourth-order valence-electron chi connectivity index (χ4n) is 2.34. The van der Waals surface area contributed by atoms with Gasteiger partial charge in [0.15, 0.2) is 0 Å². The zero-order chi connectivity index (χ0) is 16.3. The Kier molecular flexibility index (Phi) is 5.44. The van der Waals surface area contributed by atoms with Gasteiger partial charge in [-0.1, -0.05) is 18.0 Å².